The fourth-order valence-corrected chi connectivity index (χ4v) is 0.822. The summed E-state index contributed by atoms with van der Waals surface area (Å²) >= 11 is 0. The zero-order chi connectivity index (χ0) is 9.14. The first-order valence-electron chi connectivity index (χ1n) is 3.37. The molecule has 0 aliphatic carbocycles. The van der Waals surface area contributed by atoms with Crippen molar-refractivity contribution in [2.24, 2.45) is 5.73 Å². The van der Waals surface area contributed by atoms with Crippen LogP contribution in [0.4, 0.5) is 14.5 Å². The van der Waals surface area contributed by atoms with E-state index in [0.29, 0.717) is 11.3 Å². The SMILES string of the molecule is NCc1cc(C(F)F)ncc1N. The highest BCUT2D eigenvalue weighted by molar-refractivity contribution is 5.45. The van der Waals surface area contributed by atoms with Crippen LogP contribution in [0.1, 0.15) is 17.7 Å². The van der Waals surface area contributed by atoms with Gasteiger partial charge in [0.25, 0.3) is 6.43 Å². The van der Waals surface area contributed by atoms with Gasteiger partial charge in [0.05, 0.1) is 11.9 Å². The fraction of sp³-hybridized carbons (Fsp3) is 0.286. The highest BCUT2D eigenvalue weighted by Crippen LogP contribution is 2.19. The van der Waals surface area contributed by atoms with Crippen LogP contribution in [-0.2, 0) is 6.54 Å². The maximum Gasteiger partial charge on any atom is 0.280 e. The predicted octanol–water partition coefficient (Wildman–Crippen LogP) is 1.06. The quantitative estimate of drug-likeness (QED) is 0.702. The smallest absolute Gasteiger partial charge is 0.280 e. The van der Waals surface area contributed by atoms with E-state index in [-0.39, 0.29) is 12.2 Å². The van der Waals surface area contributed by atoms with E-state index in [1.807, 2.05) is 0 Å². The third kappa shape index (κ3) is 1.68. The third-order valence-electron chi connectivity index (χ3n) is 1.49. The van der Waals surface area contributed by atoms with E-state index in [0.717, 1.165) is 0 Å². The van der Waals surface area contributed by atoms with Crippen molar-refractivity contribution in [1.82, 2.24) is 4.98 Å². The van der Waals surface area contributed by atoms with Crippen LogP contribution in [0.15, 0.2) is 12.3 Å². The highest BCUT2D eigenvalue weighted by atomic mass is 19.3. The molecule has 1 heterocycles. The highest BCUT2D eigenvalue weighted by Gasteiger charge is 2.09. The molecule has 5 heteroatoms. The lowest BCUT2D eigenvalue weighted by atomic mass is 10.2. The van der Waals surface area contributed by atoms with Crippen molar-refractivity contribution in [3.8, 4) is 0 Å². The molecule has 0 unspecified atom stereocenters. The topological polar surface area (TPSA) is 64.9 Å². The fourth-order valence-electron chi connectivity index (χ4n) is 0.822. The van der Waals surface area contributed by atoms with Gasteiger partial charge < -0.3 is 11.5 Å². The van der Waals surface area contributed by atoms with Gasteiger partial charge in [0.15, 0.2) is 0 Å². The Hall–Kier alpha value is -1.23. The summed E-state index contributed by atoms with van der Waals surface area (Å²) in [6.45, 7) is 0.147. The van der Waals surface area contributed by atoms with Crippen molar-refractivity contribution < 1.29 is 8.78 Å². The summed E-state index contributed by atoms with van der Waals surface area (Å²) < 4.78 is 24.1. The second-order valence-electron chi connectivity index (χ2n) is 2.31. The standard InChI is InChI=1S/C7H9F2N3/c8-7(9)6-1-4(2-10)5(11)3-12-6/h1,3,7H,2,10-11H2. The Bertz CT molecular complexity index is 275. The molecule has 0 bridgehead atoms. The predicted molar refractivity (Wildman–Crippen MR) is 41.5 cm³/mol. The second-order valence-corrected chi connectivity index (χ2v) is 2.31. The van der Waals surface area contributed by atoms with Gasteiger partial charge in [-0.2, -0.15) is 0 Å². The first kappa shape index (κ1) is 8.86. The lowest BCUT2D eigenvalue weighted by molar-refractivity contribution is 0.146. The zero-order valence-corrected chi connectivity index (χ0v) is 6.30. The number of hydrogen-bond donors (Lipinski definition) is 2. The van der Waals surface area contributed by atoms with E-state index in [9.17, 15) is 8.78 Å². The minimum Gasteiger partial charge on any atom is -0.397 e. The van der Waals surface area contributed by atoms with Crippen LogP contribution >= 0.6 is 0 Å². The van der Waals surface area contributed by atoms with Gasteiger partial charge >= 0.3 is 0 Å². The normalized spacial score (nSPS) is 10.7. The Morgan fingerprint density at radius 3 is 2.67 bits per heavy atom. The van der Waals surface area contributed by atoms with Crippen molar-refractivity contribution in [3.05, 3.63) is 23.5 Å². The van der Waals surface area contributed by atoms with Crippen molar-refractivity contribution in [2.45, 2.75) is 13.0 Å². The number of hydrogen-bond acceptors (Lipinski definition) is 3. The molecule has 0 aromatic carbocycles. The number of anilines is 1. The van der Waals surface area contributed by atoms with Crippen LogP contribution in [0, 0.1) is 0 Å². The van der Waals surface area contributed by atoms with Crippen molar-refractivity contribution in [1.29, 1.82) is 0 Å². The molecule has 3 nitrogen and oxygen atoms in total. The molecule has 66 valence electrons. The number of nitrogens with zero attached hydrogens (tertiary/aromatic N) is 1. The van der Waals surface area contributed by atoms with Gasteiger partial charge in [0, 0.05) is 6.54 Å². The lowest BCUT2D eigenvalue weighted by Gasteiger charge is -2.04. The molecule has 0 spiro atoms. The van der Waals surface area contributed by atoms with Crippen LogP contribution in [0.3, 0.4) is 0 Å². The van der Waals surface area contributed by atoms with E-state index < -0.39 is 6.43 Å². The Morgan fingerprint density at radius 2 is 2.17 bits per heavy atom. The number of aromatic nitrogens is 1. The Labute approximate surface area is 68.4 Å². The summed E-state index contributed by atoms with van der Waals surface area (Å²) in [4.78, 5) is 3.46. The Balaban J connectivity index is 3.05. The van der Waals surface area contributed by atoms with Crippen LogP contribution in [0.25, 0.3) is 0 Å². The molecular formula is C7H9F2N3. The molecule has 1 aromatic heterocycles. The first-order valence-corrected chi connectivity index (χ1v) is 3.37. The van der Waals surface area contributed by atoms with E-state index in [1.165, 1.54) is 12.3 Å². The molecule has 0 aliphatic rings. The van der Waals surface area contributed by atoms with Crippen LogP contribution < -0.4 is 11.5 Å². The number of pyridine rings is 1. The van der Waals surface area contributed by atoms with E-state index in [1.54, 1.807) is 0 Å². The first-order chi connectivity index (χ1) is 5.65. The average molecular weight is 173 g/mol. The van der Waals surface area contributed by atoms with Crippen molar-refractivity contribution in [2.75, 3.05) is 5.73 Å². The van der Waals surface area contributed by atoms with E-state index >= 15 is 0 Å². The maximum absolute atomic E-state index is 12.1. The minimum atomic E-state index is -2.57. The van der Waals surface area contributed by atoms with Crippen molar-refractivity contribution in [3.63, 3.8) is 0 Å². The van der Waals surface area contributed by atoms with Gasteiger partial charge in [-0.25, -0.2) is 8.78 Å². The number of alkyl halides is 2. The molecule has 0 radical (unpaired) electrons. The molecule has 0 amide bonds. The molecular weight excluding hydrogens is 164 g/mol. The monoisotopic (exact) mass is 173 g/mol. The molecule has 12 heavy (non-hydrogen) atoms. The zero-order valence-electron chi connectivity index (χ0n) is 6.30. The molecule has 1 rings (SSSR count). The summed E-state index contributed by atoms with van der Waals surface area (Å²) in [6.07, 6.45) is -1.38. The number of nitrogens with two attached hydrogens (primary N) is 2. The summed E-state index contributed by atoms with van der Waals surface area (Å²) in [6, 6.07) is 1.22. The maximum atomic E-state index is 12.1. The Morgan fingerprint density at radius 1 is 1.50 bits per heavy atom. The molecule has 4 N–H and O–H groups in total. The van der Waals surface area contributed by atoms with Crippen molar-refractivity contribution >= 4 is 5.69 Å². The van der Waals surface area contributed by atoms with Gasteiger partial charge in [-0.15, -0.1) is 0 Å². The molecule has 0 saturated carbocycles. The number of nitrogen functional groups attached to an aromatic ring is 1. The Kier molecular flexibility index (Phi) is 2.54. The number of rotatable bonds is 2. The summed E-state index contributed by atoms with van der Waals surface area (Å²) in [7, 11) is 0. The summed E-state index contributed by atoms with van der Waals surface area (Å²) in [5.74, 6) is 0. The van der Waals surface area contributed by atoms with Gasteiger partial charge in [-0.3, -0.25) is 4.98 Å². The van der Waals surface area contributed by atoms with Crippen LogP contribution in [0.5, 0.6) is 0 Å². The lowest BCUT2D eigenvalue weighted by Crippen LogP contribution is -2.04. The largest absolute Gasteiger partial charge is 0.397 e. The number of halogens is 2. The van der Waals surface area contributed by atoms with Crippen LogP contribution in [-0.4, -0.2) is 4.98 Å². The average Bonchev–Trinajstić information content (AvgIpc) is 2.05. The second kappa shape index (κ2) is 3.44. The molecule has 0 saturated heterocycles. The van der Waals surface area contributed by atoms with Crippen LogP contribution in [0.2, 0.25) is 0 Å². The summed E-state index contributed by atoms with van der Waals surface area (Å²) in [5, 5.41) is 0. The van der Waals surface area contributed by atoms with Gasteiger partial charge in [0.2, 0.25) is 0 Å². The van der Waals surface area contributed by atoms with E-state index in [4.69, 9.17) is 11.5 Å². The van der Waals surface area contributed by atoms with E-state index in [2.05, 4.69) is 4.98 Å². The summed E-state index contributed by atoms with van der Waals surface area (Å²) in [5.41, 5.74) is 11.2. The third-order valence-corrected chi connectivity index (χ3v) is 1.49. The van der Waals surface area contributed by atoms with Gasteiger partial charge in [0.1, 0.15) is 5.69 Å². The van der Waals surface area contributed by atoms with Gasteiger partial charge in [-0.05, 0) is 11.6 Å². The minimum absolute atomic E-state index is 0.147. The molecule has 0 aliphatic heterocycles. The van der Waals surface area contributed by atoms with Gasteiger partial charge in [-0.1, -0.05) is 0 Å². The molecule has 1 aromatic rings. The molecule has 0 fully saturated rings. The molecule has 0 atom stereocenters.